The first-order chi connectivity index (χ1) is 10.1. The molecule has 0 aliphatic heterocycles. The van der Waals surface area contributed by atoms with Gasteiger partial charge in [-0.15, -0.1) is 0 Å². The molecular weight excluding hydrogens is 262 g/mol. The average molecular weight is 291 g/mol. The van der Waals surface area contributed by atoms with Crippen molar-refractivity contribution in [2.24, 2.45) is 5.92 Å². The third-order valence-electron chi connectivity index (χ3n) is 4.56. The quantitative estimate of drug-likeness (QED) is 0.810. The minimum Gasteiger partial charge on any atom is -0.491 e. The van der Waals surface area contributed by atoms with E-state index in [9.17, 15) is 5.11 Å². The number of rotatable bonds is 7. The number of aryl methyl sites for hydroxylation is 2. The zero-order chi connectivity index (χ0) is 15.2. The minimum absolute atomic E-state index is 0.342. The van der Waals surface area contributed by atoms with Crippen LogP contribution in [0.25, 0.3) is 0 Å². The van der Waals surface area contributed by atoms with Crippen LogP contribution in [0, 0.1) is 19.8 Å². The van der Waals surface area contributed by atoms with Crippen LogP contribution in [0.15, 0.2) is 18.2 Å². The van der Waals surface area contributed by atoms with Crippen molar-refractivity contribution in [2.45, 2.75) is 58.6 Å². The highest BCUT2D eigenvalue weighted by molar-refractivity contribution is 5.35. The number of aliphatic hydroxyl groups excluding tert-OH is 1. The van der Waals surface area contributed by atoms with E-state index < -0.39 is 6.10 Å². The highest BCUT2D eigenvalue weighted by Crippen LogP contribution is 2.27. The maximum atomic E-state index is 10.1. The largest absolute Gasteiger partial charge is 0.491 e. The molecule has 0 bridgehead atoms. The summed E-state index contributed by atoms with van der Waals surface area (Å²) in [5.74, 6) is 1.65. The van der Waals surface area contributed by atoms with E-state index in [1.54, 1.807) is 0 Å². The van der Waals surface area contributed by atoms with E-state index in [1.165, 1.54) is 31.2 Å². The fourth-order valence-corrected chi connectivity index (χ4v) is 3.05. The molecule has 1 aliphatic rings. The second kappa shape index (κ2) is 7.81. The van der Waals surface area contributed by atoms with Gasteiger partial charge >= 0.3 is 0 Å². The molecule has 0 amide bonds. The highest BCUT2D eigenvalue weighted by Gasteiger charge is 2.21. The number of nitrogens with one attached hydrogen (secondary N) is 1. The van der Waals surface area contributed by atoms with Crippen LogP contribution in [-0.2, 0) is 0 Å². The van der Waals surface area contributed by atoms with Crippen molar-refractivity contribution in [3.63, 3.8) is 0 Å². The molecule has 0 heterocycles. The van der Waals surface area contributed by atoms with Gasteiger partial charge in [0, 0.05) is 12.6 Å². The van der Waals surface area contributed by atoms with Crippen molar-refractivity contribution in [1.82, 2.24) is 5.32 Å². The van der Waals surface area contributed by atoms with E-state index in [1.807, 2.05) is 19.9 Å². The minimum atomic E-state index is -0.464. The normalized spacial score (nSPS) is 18.7. The molecule has 1 aromatic carbocycles. The zero-order valence-electron chi connectivity index (χ0n) is 13.6. The van der Waals surface area contributed by atoms with E-state index in [0.717, 1.165) is 17.2 Å². The summed E-state index contributed by atoms with van der Waals surface area (Å²) in [4.78, 5) is 0. The van der Waals surface area contributed by atoms with Crippen LogP contribution in [0.3, 0.4) is 0 Å². The Labute approximate surface area is 128 Å². The molecule has 2 N–H and O–H groups in total. The van der Waals surface area contributed by atoms with E-state index in [4.69, 9.17) is 4.74 Å². The van der Waals surface area contributed by atoms with Gasteiger partial charge in [0.1, 0.15) is 18.5 Å². The van der Waals surface area contributed by atoms with E-state index in [-0.39, 0.29) is 0 Å². The summed E-state index contributed by atoms with van der Waals surface area (Å²) in [6.45, 7) is 7.25. The Kier molecular flexibility index (Phi) is 6.07. The third-order valence-corrected chi connectivity index (χ3v) is 4.56. The molecule has 1 aromatic rings. The Morgan fingerprint density at radius 1 is 1.29 bits per heavy atom. The van der Waals surface area contributed by atoms with Crippen molar-refractivity contribution in [3.05, 3.63) is 29.3 Å². The van der Waals surface area contributed by atoms with Gasteiger partial charge in [0.15, 0.2) is 0 Å². The van der Waals surface area contributed by atoms with Gasteiger partial charge in [-0.25, -0.2) is 0 Å². The molecule has 21 heavy (non-hydrogen) atoms. The van der Waals surface area contributed by atoms with Crippen molar-refractivity contribution in [1.29, 1.82) is 0 Å². The second-order valence-electron chi connectivity index (χ2n) is 6.48. The fourth-order valence-electron chi connectivity index (χ4n) is 3.05. The Morgan fingerprint density at radius 3 is 2.71 bits per heavy atom. The lowest BCUT2D eigenvalue weighted by atomic mass is 10.00. The van der Waals surface area contributed by atoms with Gasteiger partial charge in [-0.05, 0) is 56.7 Å². The predicted octanol–water partition coefficient (Wildman–Crippen LogP) is 3.21. The predicted molar refractivity (Wildman–Crippen MR) is 86.8 cm³/mol. The average Bonchev–Trinajstić information content (AvgIpc) is 3.00. The number of hydrogen-bond acceptors (Lipinski definition) is 3. The second-order valence-corrected chi connectivity index (χ2v) is 6.48. The van der Waals surface area contributed by atoms with Gasteiger partial charge in [-0.1, -0.05) is 25.0 Å². The van der Waals surface area contributed by atoms with Crippen LogP contribution in [0.1, 0.15) is 43.7 Å². The maximum absolute atomic E-state index is 10.1. The van der Waals surface area contributed by atoms with Crippen LogP contribution in [-0.4, -0.2) is 30.4 Å². The molecule has 0 saturated heterocycles. The van der Waals surface area contributed by atoms with E-state index in [2.05, 4.69) is 24.4 Å². The zero-order valence-corrected chi connectivity index (χ0v) is 13.6. The molecular formula is C18H29NO2. The summed E-state index contributed by atoms with van der Waals surface area (Å²) < 4.78 is 5.75. The summed E-state index contributed by atoms with van der Waals surface area (Å²) in [5, 5.41) is 13.5. The van der Waals surface area contributed by atoms with Crippen molar-refractivity contribution in [3.8, 4) is 5.75 Å². The summed E-state index contributed by atoms with van der Waals surface area (Å²) in [7, 11) is 0. The maximum Gasteiger partial charge on any atom is 0.122 e. The lowest BCUT2D eigenvalue weighted by Crippen LogP contribution is -2.39. The Morgan fingerprint density at radius 2 is 2.00 bits per heavy atom. The van der Waals surface area contributed by atoms with Crippen LogP contribution in [0.4, 0.5) is 0 Å². The molecule has 3 nitrogen and oxygen atoms in total. The third kappa shape index (κ3) is 5.01. The molecule has 1 unspecified atom stereocenters. The van der Waals surface area contributed by atoms with Crippen LogP contribution in [0.2, 0.25) is 0 Å². The number of benzene rings is 1. The Hall–Kier alpha value is -1.06. The molecule has 3 heteroatoms. The molecule has 0 spiro atoms. The highest BCUT2D eigenvalue weighted by atomic mass is 16.5. The van der Waals surface area contributed by atoms with Crippen LogP contribution >= 0.6 is 0 Å². The molecule has 1 fully saturated rings. The molecule has 118 valence electrons. The Balaban J connectivity index is 1.71. The first-order valence-electron chi connectivity index (χ1n) is 8.17. The standard InChI is InChI=1S/C18H29NO2/c1-13-8-9-14(2)18(10-13)21-12-17(20)11-19-15(3)16-6-4-5-7-16/h8-10,15-17,19-20H,4-7,11-12H2,1-3H3/t15-,17?/m0/s1. The van der Waals surface area contributed by atoms with Crippen LogP contribution in [0.5, 0.6) is 5.75 Å². The Bertz CT molecular complexity index is 441. The molecule has 0 radical (unpaired) electrons. The lowest BCUT2D eigenvalue weighted by Gasteiger charge is -2.22. The topological polar surface area (TPSA) is 41.5 Å². The van der Waals surface area contributed by atoms with Gasteiger partial charge in [0.25, 0.3) is 0 Å². The fraction of sp³-hybridized carbons (Fsp3) is 0.667. The first kappa shape index (κ1) is 16.3. The van der Waals surface area contributed by atoms with Gasteiger partial charge in [0.2, 0.25) is 0 Å². The van der Waals surface area contributed by atoms with Crippen molar-refractivity contribution < 1.29 is 9.84 Å². The molecule has 2 atom stereocenters. The summed E-state index contributed by atoms with van der Waals surface area (Å²) in [5.41, 5.74) is 2.29. The SMILES string of the molecule is Cc1ccc(C)c(OCC(O)CN[C@@H](C)C2CCCC2)c1. The van der Waals surface area contributed by atoms with Gasteiger partial charge < -0.3 is 15.2 Å². The van der Waals surface area contributed by atoms with Gasteiger partial charge in [0.05, 0.1) is 0 Å². The summed E-state index contributed by atoms with van der Waals surface area (Å²) in [6, 6.07) is 6.64. The van der Waals surface area contributed by atoms with E-state index >= 15 is 0 Å². The molecule has 1 aliphatic carbocycles. The van der Waals surface area contributed by atoms with Crippen LogP contribution < -0.4 is 10.1 Å². The molecule has 0 aromatic heterocycles. The number of aliphatic hydroxyl groups is 1. The van der Waals surface area contributed by atoms with E-state index in [0.29, 0.717) is 19.2 Å². The number of ether oxygens (including phenoxy) is 1. The van der Waals surface area contributed by atoms with Gasteiger partial charge in [-0.2, -0.15) is 0 Å². The summed E-state index contributed by atoms with van der Waals surface area (Å²) in [6.07, 6.45) is 4.89. The van der Waals surface area contributed by atoms with Crippen molar-refractivity contribution >= 4 is 0 Å². The number of hydrogen-bond donors (Lipinski definition) is 2. The smallest absolute Gasteiger partial charge is 0.122 e. The van der Waals surface area contributed by atoms with Gasteiger partial charge in [-0.3, -0.25) is 0 Å². The summed E-state index contributed by atoms with van der Waals surface area (Å²) >= 11 is 0. The monoisotopic (exact) mass is 291 g/mol. The molecule has 2 rings (SSSR count). The van der Waals surface area contributed by atoms with Crippen molar-refractivity contribution in [2.75, 3.05) is 13.2 Å². The molecule has 1 saturated carbocycles. The first-order valence-corrected chi connectivity index (χ1v) is 8.17. The lowest BCUT2D eigenvalue weighted by molar-refractivity contribution is 0.101.